The van der Waals surface area contributed by atoms with E-state index in [2.05, 4.69) is 45.2 Å². The highest BCUT2D eigenvalue weighted by Crippen LogP contribution is 2.64. The Bertz CT molecular complexity index is 735. The van der Waals surface area contributed by atoms with Crippen molar-refractivity contribution in [2.45, 2.75) is 97.3 Å². The summed E-state index contributed by atoms with van der Waals surface area (Å²) in [6, 6.07) is 0.522. The number of hydrogen-bond donors (Lipinski definition) is 3. The number of piperidine rings is 1. The lowest BCUT2D eigenvalue weighted by Crippen LogP contribution is -2.50. The minimum Gasteiger partial charge on any atom is -0.393 e. The molecule has 10 unspecified atom stereocenters. The van der Waals surface area contributed by atoms with Gasteiger partial charge < -0.3 is 15.5 Å². The van der Waals surface area contributed by atoms with Gasteiger partial charge in [-0.2, -0.15) is 0 Å². The van der Waals surface area contributed by atoms with Gasteiger partial charge in [-0.05, 0) is 92.9 Å². The van der Waals surface area contributed by atoms with Crippen LogP contribution < -0.4 is 5.32 Å². The van der Waals surface area contributed by atoms with Gasteiger partial charge in [0.15, 0.2) is 0 Å². The Morgan fingerprint density at radius 2 is 1.90 bits per heavy atom. The molecule has 3 nitrogen and oxygen atoms in total. The van der Waals surface area contributed by atoms with Gasteiger partial charge in [0.1, 0.15) is 0 Å². The van der Waals surface area contributed by atoms with Crippen LogP contribution in [0, 0.1) is 40.4 Å². The lowest BCUT2D eigenvalue weighted by atomic mass is 9.51. The molecule has 30 heavy (non-hydrogen) atoms. The molecule has 2 saturated carbocycles. The molecule has 168 valence electrons. The predicted molar refractivity (Wildman–Crippen MR) is 122 cm³/mol. The van der Waals surface area contributed by atoms with Crippen molar-refractivity contribution >= 4 is 0 Å². The van der Waals surface area contributed by atoms with Gasteiger partial charge in [-0.1, -0.05) is 51.0 Å². The number of rotatable bonds is 2. The molecule has 1 saturated heterocycles. The molecule has 0 bridgehead atoms. The molecule has 0 radical (unpaired) electrons. The van der Waals surface area contributed by atoms with E-state index < -0.39 is 0 Å². The summed E-state index contributed by atoms with van der Waals surface area (Å²) in [4.78, 5) is 0. The second-order valence-corrected chi connectivity index (χ2v) is 12.1. The molecule has 1 aliphatic heterocycles. The van der Waals surface area contributed by atoms with Gasteiger partial charge in [0.05, 0.1) is 12.2 Å². The van der Waals surface area contributed by atoms with Gasteiger partial charge in [0.2, 0.25) is 0 Å². The van der Waals surface area contributed by atoms with Crippen LogP contribution >= 0.6 is 0 Å². The predicted octanol–water partition coefficient (Wildman–Crippen LogP) is 4.84. The lowest BCUT2D eigenvalue weighted by molar-refractivity contribution is 0.0253. The second kappa shape index (κ2) is 7.46. The largest absolute Gasteiger partial charge is 0.393 e. The normalized spacial score (nSPS) is 51.9. The zero-order valence-electron chi connectivity index (χ0n) is 19.5. The molecule has 1 heterocycles. The second-order valence-electron chi connectivity index (χ2n) is 12.1. The highest BCUT2D eigenvalue weighted by atomic mass is 16.3. The monoisotopic (exact) mass is 413 g/mol. The van der Waals surface area contributed by atoms with Crippen LogP contribution in [0.3, 0.4) is 0 Å². The molecule has 5 rings (SSSR count). The fourth-order valence-electron chi connectivity index (χ4n) is 8.42. The smallest absolute Gasteiger partial charge is 0.0639 e. The number of fused-ring (bicyclic) bond motifs is 5. The van der Waals surface area contributed by atoms with Crippen molar-refractivity contribution in [3.8, 4) is 0 Å². The number of nitrogens with one attached hydrogen (secondary N) is 1. The van der Waals surface area contributed by atoms with E-state index in [1.165, 1.54) is 18.4 Å². The van der Waals surface area contributed by atoms with E-state index in [1.807, 2.05) is 0 Å². The van der Waals surface area contributed by atoms with E-state index >= 15 is 0 Å². The van der Waals surface area contributed by atoms with E-state index in [1.54, 1.807) is 5.57 Å². The van der Waals surface area contributed by atoms with Crippen LogP contribution in [0.2, 0.25) is 0 Å². The maximum atomic E-state index is 11.4. The number of hydrogen-bond acceptors (Lipinski definition) is 3. The van der Waals surface area contributed by atoms with E-state index in [0.717, 1.165) is 51.0 Å². The standard InChI is InChI=1S/C27H43NO2/c1-16-5-10-24(28-15-16)17(2)27(4)23-9-8-22-20(21(23)14-25(27)30)7-6-18-13-19(29)11-12-26(18,22)3/h6,9,16-17,19-22,24-25,28-30H,5,7-8,10-15H2,1-4H3. The van der Waals surface area contributed by atoms with Gasteiger partial charge in [0, 0.05) is 11.5 Å². The fourth-order valence-corrected chi connectivity index (χ4v) is 8.42. The maximum Gasteiger partial charge on any atom is 0.0639 e. The van der Waals surface area contributed by atoms with Crippen LogP contribution in [0.5, 0.6) is 0 Å². The van der Waals surface area contributed by atoms with Gasteiger partial charge in [0.25, 0.3) is 0 Å². The van der Waals surface area contributed by atoms with Gasteiger partial charge in [-0.15, -0.1) is 0 Å². The average molecular weight is 414 g/mol. The van der Waals surface area contributed by atoms with E-state index in [0.29, 0.717) is 29.7 Å². The Hall–Kier alpha value is -0.640. The van der Waals surface area contributed by atoms with Crippen LogP contribution in [0.25, 0.3) is 0 Å². The lowest BCUT2D eigenvalue weighted by Gasteiger charge is -2.54. The van der Waals surface area contributed by atoms with E-state index in [9.17, 15) is 10.2 Å². The quantitative estimate of drug-likeness (QED) is 0.568. The van der Waals surface area contributed by atoms with Crippen LogP contribution in [0.1, 0.15) is 79.1 Å². The highest BCUT2D eigenvalue weighted by Gasteiger charge is 2.58. The fraction of sp³-hybridized carbons (Fsp3) is 0.852. The molecule has 0 spiro atoms. The molecule has 10 atom stereocenters. The van der Waals surface area contributed by atoms with Crippen molar-refractivity contribution < 1.29 is 10.2 Å². The van der Waals surface area contributed by atoms with Crippen molar-refractivity contribution in [2.75, 3.05) is 6.54 Å². The molecule has 3 heteroatoms. The Morgan fingerprint density at radius 1 is 1.10 bits per heavy atom. The summed E-state index contributed by atoms with van der Waals surface area (Å²) in [7, 11) is 0. The Morgan fingerprint density at radius 3 is 2.63 bits per heavy atom. The molecule has 0 aromatic heterocycles. The van der Waals surface area contributed by atoms with E-state index in [4.69, 9.17) is 0 Å². The summed E-state index contributed by atoms with van der Waals surface area (Å²) in [5, 5.41) is 25.5. The molecular weight excluding hydrogens is 370 g/mol. The van der Waals surface area contributed by atoms with Crippen molar-refractivity contribution in [3.05, 3.63) is 23.3 Å². The SMILES string of the molecule is CC1CCC(C(C)C2(C)C3=CCC4C(CC=C5CC(O)CCC54C)C3CC2O)NC1. The summed E-state index contributed by atoms with van der Waals surface area (Å²) in [5.41, 5.74) is 3.26. The molecule has 4 aliphatic carbocycles. The first kappa shape index (κ1) is 21.2. The topological polar surface area (TPSA) is 52.5 Å². The van der Waals surface area contributed by atoms with Crippen LogP contribution in [-0.2, 0) is 0 Å². The third-order valence-corrected chi connectivity index (χ3v) is 10.7. The van der Waals surface area contributed by atoms with Gasteiger partial charge in [-0.25, -0.2) is 0 Å². The van der Waals surface area contributed by atoms with E-state index in [-0.39, 0.29) is 23.0 Å². The van der Waals surface area contributed by atoms with Crippen molar-refractivity contribution in [1.29, 1.82) is 0 Å². The molecule has 3 N–H and O–H groups in total. The van der Waals surface area contributed by atoms with Gasteiger partial charge in [-0.3, -0.25) is 0 Å². The van der Waals surface area contributed by atoms with Crippen LogP contribution in [0.15, 0.2) is 23.3 Å². The van der Waals surface area contributed by atoms with Crippen molar-refractivity contribution in [2.24, 2.45) is 40.4 Å². The van der Waals surface area contributed by atoms with Gasteiger partial charge >= 0.3 is 0 Å². The number of aliphatic hydroxyl groups excluding tert-OH is 2. The summed E-state index contributed by atoms with van der Waals surface area (Å²) in [6.45, 7) is 10.7. The summed E-state index contributed by atoms with van der Waals surface area (Å²) in [5.74, 6) is 3.11. The van der Waals surface area contributed by atoms with Crippen molar-refractivity contribution in [3.63, 3.8) is 0 Å². The maximum absolute atomic E-state index is 11.4. The third-order valence-electron chi connectivity index (χ3n) is 10.7. The minimum atomic E-state index is -0.227. The molecular formula is C27H43NO2. The Labute approximate surface area is 183 Å². The number of allylic oxidation sites excluding steroid dienone is 2. The molecule has 5 aliphatic rings. The summed E-state index contributed by atoms with van der Waals surface area (Å²) >= 11 is 0. The first-order chi connectivity index (χ1) is 14.2. The van der Waals surface area contributed by atoms with Crippen LogP contribution in [0.4, 0.5) is 0 Å². The molecule has 0 aromatic carbocycles. The number of aliphatic hydroxyl groups is 2. The Kier molecular flexibility index (Phi) is 5.27. The molecule has 3 fully saturated rings. The first-order valence-electron chi connectivity index (χ1n) is 12.7. The summed E-state index contributed by atoms with van der Waals surface area (Å²) < 4.78 is 0. The zero-order chi connectivity index (χ0) is 21.3. The average Bonchev–Trinajstić information content (AvgIpc) is 3.00. The third kappa shape index (κ3) is 3.02. The zero-order valence-corrected chi connectivity index (χ0v) is 19.5. The summed E-state index contributed by atoms with van der Waals surface area (Å²) in [6.07, 6.45) is 13.4. The molecule has 0 amide bonds. The Balaban J connectivity index is 1.42. The molecule has 0 aromatic rings. The first-order valence-corrected chi connectivity index (χ1v) is 12.7. The highest BCUT2D eigenvalue weighted by molar-refractivity contribution is 5.34. The van der Waals surface area contributed by atoms with Crippen molar-refractivity contribution in [1.82, 2.24) is 5.32 Å². The minimum absolute atomic E-state index is 0.0957. The van der Waals surface area contributed by atoms with Crippen LogP contribution in [-0.4, -0.2) is 35.0 Å².